The number of nitrogen functional groups attached to an aromatic ring is 1. The summed E-state index contributed by atoms with van der Waals surface area (Å²) in [6, 6.07) is 0. The van der Waals surface area contributed by atoms with Crippen molar-refractivity contribution in [3.05, 3.63) is 11.1 Å². The van der Waals surface area contributed by atoms with Crippen molar-refractivity contribution in [3.8, 4) is 0 Å². The highest BCUT2D eigenvalue weighted by Crippen LogP contribution is 2.20. The Labute approximate surface area is 153 Å². The number of anilines is 3. The van der Waals surface area contributed by atoms with Crippen molar-refractivity contribution >= 4 is 45.2 Å². The Morgan fingerprint density at radius 2 is 2.12 bits per heavy atom. The van der Waals surface area contributed by atoms with E-state index in [4.69, 9.17) is 11.5 Å². The standard InChI is InChI=1S/C12H17F3N8OS2/c13-12(14,15)6-19-10(17)21-11-20-7(5-25-11)3-1-2-4-18-9-8(16)22-26(24)23-9/h5H,1-4,6H2,(H2,16,22)(H,18,23)(H3,17,19,20,21). The Kier molecular flexibility index (Phi) is 6.93. The summed E-state index contributed by atoms with van der Waals surface area (Å²) in [5.74, 6) is 0.127. The minimum atomic E-state index is -4.40. The van der Waals surface area contributed by atoms with Crippen LogP contribution in [0, 0.1) is 0 Å². The summed E-state index contributed by atoms with van der Waals surface area (Å²) in [5.41, 5.74) is 11.7. The summed E-state index contributed by atoms with van der Waals surface area (Å²) in [5, 5.41) is 7.66. The molecule has 2 aromatic heterocycles. The van der Waals surface area contributed by atoms with Crippen LogP contribution < -0.4 is 22.1 Å². The van der Waals surface area contributed by atoms with Crippen molar-refractivity contribution < 1.29 is 17.7 Å². The van der Waals surface area contributed by atoms with Crippen LogP contribution in [0.15, 0.2) is 10.4 Å². The van der Waals surface area contributed by atoms with Crippen molar-refractivity contribution in [1.29, 1.82) is 0 Å². The fraction of sp³-hybridized carbons (Fsp3) is 0.500. The fourth-order valence-electron chi connectivity index (χ4n) is 1.84. The summed E-state index contributed by atoms with van der Waals surface area (Å²) in [4.78, 5) is 7.43. The molecule has 0 aliphatic rings. The Morgan fingerprint density at radius 1 is 1.35 bits per heavy atom. The molecule has 2 heterocycles. The van der Waals surface area contributed by atoms with Crippen molar-refractivity contribution in [2.45, 2.75) is 25.4 Å². The molecule has 0 fully saturated rings. The number of aromatic nitrogens is 3. The summed E-state index contributed by atoms with van der Waals surface area (Å²) in [7, 11) is 0. The molecular weight excluding hydrogens is 393 g/mol. The zero-order valence-corrected chi connectivity index (χ0v) is 15.0. The molecule has 0 saturated heterocycles. The molecule has 0 aliphatic heterocycles. The van der Waals surface area contributed by atoms with Crippen molar-refractivity contribution in [2.75, 3.05) is 29.5 Å². The smallest absolute Gasteiger partial charge is 0.408 e. The Morgan fingerprint density at radius 3 is 2.77 bits per heavy atom. The number of nitrogens with one attached hydrogen (secondary N) is 2. The van der Waals surface area contributed by atoms with Crippen molar-refractivity contribution in [1.82, 2.24) is 13.7 Å². The molecule has 9 nitrogen and oxygen atoms in total. The van der Waals surface area contributed by atoms with Gasteiger partial charge in [-0.05, 0) is 19.3 Å². The zero-order valence-electron chi connectivity index (χ0n) is 13.4. The second kappa shape index (κ2) is 8.95. The average molecular weight is 410 g/mol. The number of rotatable bonds is 8. The third-order valence-electron chi connectivity index (χ3n) is 2.96. The van der Waals surface area contributed by atoms with E-state index in [2.05, 4.69) is 29.4 Å². The minimum Gasteiger partial charge on any atom is -0.546 e. The molecule has 0 radical (unpaired) electrons. The maximum Gasteiger partial charge on any atom is 0.408 e. The van der Waals surface area contributed by atoms with Gasteiger partial charge in [-0.15, -0.1) is 11.3 Å². The topological polar surface area (TPSA) is 150 Å². The third kappa shape index (κ3) is 6.97. The van der Waals surface area contributed by atoms with E-state index in [0.29, 0.717) is 23.9 Å². The molecule has 2 aromatic rings. The molecule has 144 valence electrons. The van der Waals surface area contributed by atoms with Gasteiger partial charge >= 0.3 is 6.18 Å². The molecule has 1 atom stereocenters. The quantitative estimate of drug-likeness (QED) is 0.223. The van der Waals surface area contributed by atoms with Crippen LogP contribution in [0.1, 0.15) is 18.5 Å². The molecule has 1 unspecified atom stereocenters. The van der Waals surface area contributed by atoms with Gasteiger partial charge in [0.05, 0.1) is 5.69 Å². The molecule has 14 heteroatoms. The number of guanidine groups is 1. The Hall–Kier alpha value is -2.19. The molecule has 0 bridgehead atoms. The number of thiazole rings is 1. The number of aliphatic imine (C=N–C) groups is 1. The largest absolute Gasteiger partial charge is 0.546 e. The first-order valence-electron chi connectivity index (χ1n) is 7.40. The van der Waals surface area contributed by atoms with Gasteiger partial charge in [-0.2, -0.15) is 13.2 Å². The predicted octanol–water partition coefficient (Wildman–Crippen LogP) is 1.97. The average Bonchev–Trinajstić information content (AvgIpc) is 3.10. The first kappa shape index (κ1) is 20.1. The first-order chi connectivity index (χ1) is 12.2. The maximum absolute atomic E-state index is 12.1. The number of unbranched alkanes of at least 4 members (excludes halogenated alkanes) is 1. The van der Waals surface area contributed by atoms with Gasteiger partial charge in [0.2, 0.25) is 11.6 Å². The second-order valence-electron chi connectivity index (χ2n) is 5.12. The number of aryl methyl sites for hydroxylation is 1. The van der Waals surface area contributed by atoms with E-state index in [9.17, 15) is 17.7 Å². The van der Waals surface area contributed by atoms with Gasteiger partial charge in [-0.3, -0.25) is 0 Å². The Balaban J connectivity index is 1.69. The predicted molar refractivity (Wildman–Crippen MR) is 94.8 cm³/mol. The van der Waals surface area contributed by atoms with E-state index in [1.807, 2.05) is 0 Å². The van der Waals surface area contributed by atoms with E-state index >= 15 is 0 Å². The van der Waals surface area contributed by atoms with Crippen LogP contribution in [0.3, 0.4) is 0 Å². The number of hydrogen-bond donors (Lipinski definition) is 4. The first-order valence-corrected chi connectivity index (χ1v) is 9.34. The molecule has 0 aliphatic carbocycles. The van der Waals surface area contributed by atoms with E-state index in [-0.39, 0.29) is 11.8 Å². The summed E-state index contributed by atoms with van der Waals surface area (Å²) in [6.45, 7) is -0.760. The van der Waals surface area contributed by atoms with Gasteiger partial charge in [0.25, 0.3) is 0 Å². The lowest BCUT2D eigenvalue weighted by molar-refractivity contribution is -0.118. The zero-order chi connectivity index (χ0) is 19.2. The monoisotopic (exact) mass is 410 g/mol. The number of nitrogens with zero attached hydrogens (tertiary/aromatic N) is 4. The van der Waals surface area contributed by atoms with Crippen LogP contribution in [0.2, 0.25) is 0 Å². The normalized spacial score (nSPS) is 13.1. The fourth-order valence-corrected chi connectivity index (χ4v) is 3.20. The summed E-state index contributed by atoms with van der Waals surface area (Å²) < 4.78 is 54.5. The van der Waals surface area contributed by atoms with Crippen LogP contribution in [-0.2, 0) is 6.42 Å². The van der Waals surface area contributed by atoms with Crippen LogP contribution >= 0.6 is 22.5 Å². The molecule has 6 N–H and O–H groups in total. The lowest BCUT2D eigenvalue weighted by atomic mass is 10.2. The number of nitrogens with two attached hydrogens (primary N) is 2. The molecule has 0 amide bonds. The highest BCUT2D eigenvalue weighted by molar-refractivity contribution is 7.14. The SMILES string of the molecule is N/C(=N/CC(F)(F)F)Nc1nc(CCCCNc2n[s+]([O-])nc2N)cs1. The van der Waals surface area contributed by atoms with Gasteiger partial charge in [-0.1, -0.05) is 0 Å². The van der Waals surface area contributed by atoms with Crippen LogP contribution in [0.4, 0.5) is 29.9 Å². The highest BCUT2D eigenvalue weighted by Gasteiger charge is 2.26. The van der Waals surface area contributed by atoms with E-state index < -0.39 is 23.9 Å². The van der Waals surface area contributed by atoms with Gasteiger partial charge in [0, 0.05) is 20.7 Å². The van der Waals surface area contributed by atoms with E-state index in [1.165, 1.54) is 11.3 Å². The number of alkyl halides is 3. The summed E-state index contributed by atoms with van der Waals surface area (Å²) in [6.07, 6.45) is -2.12. The number of halogens is 3. The molecular formula is C12H17F3N8OS2. The number of hydrogen-bond acceptors (Lipinski definition) is 8. The third-order valence-corrected chi connectivity index (χ3v) is 4.45. The molecule has 26 heavy (non-hydrogen) atoms. The molecule has 2 rings (SSSR count). The maximum atomic E-state index is 12.1. The van der Waals surface area contributed by atoms with Crippen LogP contribution in [-0.4, -0.2) is 43.5 Å². The molecule has 0 spiro atoms. The highest BCUT2D eigenvalue weighted by atomic mass is 32.2. The van der Waals surface area contributed by atoms with Crippen LogP contribution in [0.25, 0.3) is 0 Å². The molecule has 0 saturated carbocycles. The van der Waals surface area contributed by atoms with Crippen LogP contribution in [0.5, 0.6) is 0 Å². The van der Waals surface area contributed by atoms with Gasteiger partial charge in [0.15, 0.2) is 22.2 Å². The minimum absolute atomic E-state index is 0.128. The summed E-state index contributed by atoms with van der Waals surface area (Å²) >= 11 is -0.408. The van der Waals surface area contributed by atoms with Gasteiger partial charge in [0.1, 0.15) is 6.54 Å². The van der Waals surface area contributed by atoms with Crippen molar-refractivity contribution in [2.24, 2.45) is 10.7 Å². The Bertz CT molecular complexity index is 745. The lowest BCUT2D eigenvalue weighted by Crippen LogP contribution is -2.25. The van der Waals surface area contributed by atoms with Gasteiger partial charge < -0.3 is 26.7 Å². The van der Waals surface area contributed by atoms with E-state index in [0.717, 1.165) is 18.5 Å². The van der Waals surface area contributed by atoms with Crippen molar-refractivity contribution in [3.63, 3.8) is 0 Å². The lowest BCUT2D eigenvalue weighted by Gasteiger charge is -2.04. The van der Waals surface area contributed by atoms with E-state index in [1.54, 1.807) is 5.38 Å². The molecule has 0 aromatic carbocycles. The second-order valence-corrected chi connectivity index (χ2v) is 6.80. The van der Waals surface area contributed by atoms with Gasteiger partial charge in [-0.25, -0.2) is 9.98 Å².